The first-order valence-electron chi connectivity index (χ1n) is 5.32. The molecule has 84 valence electrons. The summed E-state index contributed by atoms with van der Waals surface area (Å²) in [6, 6.07) is 8.34. The van der Waals surface area contributed by atoms with Gasteiger partial charge in [-0.1, -0.05) is 32.0 Å². The van der Waals surface area contributed by atoms with Crippen molar-refractivity contribution in [3.05, 3.63) is 29.8 Å². The lowest BCUT2D eigenvalue weighted by Crippen LogP contribution is -2.21. The van der Waals surface area contributed by atoms with Crippen LogP contribution in [-0.2, 0) is 6.42 Å². The van der Waals surface area contributed by atoms with E-state index in [2.05, 4.69) is 36.9 Å². The SMILES string of the molecule is CN(C)c1ccccc1CC(C)(C)CO. The topological polar surface area (TPSA) is 23.5 Å². The maximum atomic E-state index is 9.27. The predicted molar refractivity (Wildman–Crippen MR) is 65.3 cm³/mol. The highest BCUT2D eigenvalue weighted by atomic mass is 16.3. The summed E-state index contributed by atoms with van der Waals surface area (Å²) in [6.07, 6.45) is 0.901. The fourth-order valence-electron chi connectivity index (χ4n) is 1.67. The second-order valence-corrected chi connectivity index (χ2v) is 5.02. The number of hydrogen-bond donors (Lipinski definition) is 1. The van der Waals surface area contributed by atoms with Crippen LogP contribution < -0.4 is 4.90 Å². The second kappa shape index (κ2) is 4.67. The highest BCUT2D eigenvalue weighted by Gasteiger charge is 2.19. The van der Waals surface area contributed by atoms with Gasteiger partial charge in [-0.3, -0.25) is 0 Å². The van der Waals surface area contributed by atoms with Crippen molar-refractivity contribution in [2.45, 2.75) is 20.3 Å². The minimum atomic E-state index is -0.0495. The Morgan fingerprint density at radius 3 is 2.33 bits per heavy atom. The van der Waals surface area contributed by atoms with Crippen LogP contribution in [0.2, 0.25) is 0 Å². The van der Waals surface area contributed by atoms with Crippen LogP contribution in [0.5, 0.6) is 0 Å². The summed E-state index contributed by atoms with van der Waals surface area (Å²) in [5.74, 6) is 0. The van der Waals surface area contributed by atoms with Gasteiger partial charge in [0.15, 0.2) is 0 Å². The van der Waals surface area contributed by atoms with Gasteiger partial charge >= 0.3 is 0 Å². The van der Waals surface area contributed by atoms with Gasteiger partial charge in [0, 0.05) is 26.4 Å². The lowest BCUT2D eigenvalue weighted by molar-refractivity contribution is 0.160. The number of hydrogen-bond acceptors (Lipinski definition) is 2. The zero-order chi connectivity index (χ0) is 11.5. The molecular formula is C13H21NO. The zero-order valence-corrected chi connectivity index (χ0v) is 10.1. The van der Waals surface area contributed by atoms with Crippen LogP contribution in [0.15, 0.2) is 24.3 Å². The number of aliphatic hydroxyl groups is 1. The van der Waals surface area contributed by atoms with Crippen molar-refractivity contribution in [1.82, 2.24) is 0 Å². The van der Waals surface area contributed by atoms with E-state index in [9.17, 15) is 5.11 Å². The van der Waals surface area contributed by atoms with Gasteiger partial charge in [-0.15, -0.1) is 0 Å². The van der Waals surface area contributed by atoms with Crippen molar-refractivity contribution in [1.29, 1.82) is 0 Å². The van der Waals surface area contributed by atoms with Crippen LogP contribution >= 0.6 is 0 Å². The molecule has 2 nitrogen and oxygen atoms in total. The molecule has 0 radical (unpaired) electrons. The van der Waals surface area contributed by atoms with E-state index in [1.54, 1.807) is 0 Å². The lowest BCUT2D eigenvalue weighted by Gasteiger charge is -2.25. The summed E-state index contributed by atoms with van der Waals surface area (Å²) < 4.78 is 0. The van der Waals surface area contributed by atoms with Crippen molar-refractivity contribution >= 4 is 5.69 Å². The van der Waals surface area contributed by atoms with Gasteiger partial charge in [0.05, 0.1) is 0 Å². The van der Waals surface area contributed by atoms with Gasteiger partial charge in [0.1, 0.15) is 0 Å². The van der Waals surface area contributed by atoms with Gasteiger partial charge < -0.3 is 10.0 Å². The standard InChI is InChI=1S/C13H21NO/c1-13(2,10-15)9-11-7-5-6-8-12(11)14(3)4/h5-8,15H,9-10H2,1-4H3. The Balaban J connectivity index is 2.94. The molecule has 0 saturated carbocycles. The third-order valence-electron chi connectivity index (χ3n) is 2.57. The molecule has 0 aliphatic rings. The van der Waals surface area contributed by atoms with E-state index in [1.807, 2.05) is 20.2 Å². The van der Waals surface area contributed by atoms with E-state index in [0.717, 1.165) is 6.42 Å². The molecule has 0 fully saturated rings. The van der Waals surface area contributed by atoms with Crippen molar-refractivity contribution in [3.8, 4) is 0 Å². The van der Waals surface area contributed by atoms with E-state index in [-0.39, 0.29) is 12.0 Å². The highest BCUT2D eigenvalue weighted by molar-refractivity contribution is 5.52. The molecule has 0 unspecified atom stereocenters. The average Bonchev–Trinajstić information content (AvgIpc) is 2.18. The molecule has 0 saturated heterocycles. The fraction of sp³-hybridized carbons (Fsp3) is 0.538. The highest BCUT2D eigenvalue weighted by Crippen LogP contribution is 2.27. The molecule has 0 amide bonds. The third-order valence-corrected chi connectivity index (χ3v) is 2.57. The first-order valence-corrected chi connectivity index (χ1v) is 5.32. The van der Waals surface area contributed by atoms with E-state index in [0.29, 0.717) is 0 Å². The molecule has 1 aromatic carbocycles. The van der Waals surface area contributed by atoms with E-state index >= 15 is 0 Å². The molecule has 0 aliphatic heterocycles. The maximum absolute atomic E-state index is 9.27. The predicted octanol–water partition coefficient (Wildman–Crippen LogP) is 2.31. The summed E-state index contributed by atoms with van der Waals surface area (Å²) in [6.45, 7) is 4.38. The van der Waals surface area contributed by atoms with E-state index in [1.165, 1.54) is 11.3 Å². The maximum Gasteiger partial charge on any atom is 0.0485 e. The summed E-state index contributed by atoms with van der Waals surface area (Å²) in [5, 5.41) is 9.27. The minimum absolute atomic E-state index is 0.0495. The number of benzene rings is 1. The Hall–Kier alpha value is -1.02. The lowest BCUT2D eigenvalue weighted by atomic mass is 9.86. The van der Waals surface area contributed by atoms with Crippen molar-refractivity contribution in [2.75, 3.05) is 25.6 Å². The summed E-state index contributed by atoms with van der Waals surface area (Å²) in [4.78, 5) is 2.11. The van der Waals surface area contributed by atoms with E-state index < -0.39 is 0 Å². The normalized spacial score (nSPS) is 11.5. The van der Waals surface area contributed by atoms with Crippen LogP contribution in [0.4, 0.5) is 5.69 Å². The molecule has 1 N–H and O–H groups in total. The molecule has 0 aromatic heterocycles. The third kappa shape index (κ3) is 3.24. The quantitative estimate of drug-likeness (QED) is 0.819. The molecule has 15 heavy (non-hydrogen) atoms. The Morgan fingerprint density at radius 2 is 1.80 bits per heavy atom. The van der Waals surface area contributed by atoms with Crippen LogP contribution in [0.25, 0.3) is 0 Å². The molecule has 0 atom stereocenters. The number of para-hydroxylation sites is 1. The minimum Gasteiger partial charge on any atom is -0.396 e. The smallest absolute Gasteiger partial charge is 0.0485 e. The Labute approximate surface area is 92.5 Å². The van der Waals surface area contributed by atoms with Gasteiger partial charge in [-0.2, -0.15) is 0 Å². The Kier molecular flexibility index (Phi) is 3.75. The van der Waals surface area contributed by atoms with Crippen molar-refractivity contribution in [2.24, 2.45) is 5.41 Å². The van der Waals surface area contributed by atoms with Crippen LogP contribution in [0.3, 0.4) is 0 Å². The number of nitrogens with zero attached hydrogens (tertiary/aromatic N) is 1. The monoisotopic (exact) mass is 207 g/mol. The summed E-state index contributed by atoms with van der Waals surface area (Å²) in [7, 11) is 4.09. The molecular weight excluding hydrogens is 186 g/mol. The largest absolute Gasteiger partial charge is 0.396 e. The first kappa shape index (κ1) is 12.1. The van der Waals surface area contributed by atoms with E-state index in [4.69, 9.17) is 0 Å². The molecule has 0 bridgehead atoms. The summed E-state index contributed by atoms with van der Waals surface area (Å²) >= 11 is 0. The molecule has 1 aromatic rings. The van der Waals surface area contributed by atoms with Crippen molar-refractivity contribution < 1.29 is 5.11 Å². The molecule has 2 heteroatoms. The van der Waals surface area contributed by atoms with Gasteiger partial charge in [0.25, 0.3) is 0 Å². The Morgan fingerprint density at radius 1 is 1.20 bits per heavy atom. The molecule has 0 aliphatic carbocycles. The second-order valence-electron chi connectivity index (χ2n) is 5.02. The number of anilines is 1. The van der Waals surface area contributed by atoms with Gasteiger partial charge in [-0.05, 0) is 23.5 Å². The molecule has 1 rings (SSSR count). The van der Waals surface area contributed by atoms with Crippen LogP contribution in [0.1, 0.15) is 19.4 Å². The van der Waals surface area contributed by atoms with Crippen LogP contribution in [-0.4, -0.2) is 25.8 Å². The van der Waals surface area contributed by atoms with Gasteiger partial charge in [-0.25, -0.2) is 0 Å². The molecule has 0 heterocycles. The van der Waals surface area contributed by atoms with Crippen LogP contribution in [0, 0.1) is 5.41 Å². The Bertz CT molecular complexity index is 318. The fourth-order valence-corrected chi connectivity index (χ4v) is 1.67. The van der Waals surface area contributed by atoms with Crippen molar-refractivity contribution in [3.63, 3.8) is 0 Å². The average molecular weight is 207 g/mol. The number of rotatable bonds is 4. The molecule has 0 spiro atoms. The first-order chi connectivity index (χ1) is 6.96. The number of aliphatic hydroxyl groups excluding tert-OH is 1. The summed E-state index contributed by atoms with van der Waals surface area (Å²) in [5.41, 5.74) is 2.48. The zero-order valence-electron chi connectivity index (χ0n) is 10.1. The van der Waals surface area contributed by atoms with Gasteiger partial charge in [0.2, 0.25) is 0 Å².